The van der Waals surface area contributed by atoms with E-state index in [9.17, 15) is 0 Å². The molecule has 30 heavy (non-hydrogen) atoms. The number of ether oxygens (including phenoxy) is 3. The molecule has 0 amide bonds. The van der Waals surface area contributed by atoms with Gasteiger partial charge in [0.1, 0.15) is 11.5 Å². The number of benzene rings is 3. The second-order valence-electron chi connectivity index (χ2n) is 7.57. The van der Waals surface area contributed by atoms with Crippen LogP contribution >= 0.6 is 0 Å². The SMILES string of the molecule is COc1ccc(CC(c2ccc(OC)cc2)c2ccc(N3CCOCC3)cc2)cc1. The maximum absolute atomic E-state index is 5.48. The monoisotopic (exact) mass is 403 g/mol. The van der Waals surface area contributed by atoms with E-state index in [1.165, 1.54) is 22.4 Å². The molecule has 0 saturated carbocycles. The lowest BCUT2D eigenvalue weighted by Gasteiger charge is -2.29. The molecule has 1 unspecified atom stereocenters. The van der Waals surface area contributed by atoms with Gasteiger partial charge in [-0.3, -0.25) is 0 Å². The number of morpholine rings is 1. The predicted octanol–water partition coefficient (Wildman–Crippen LogP) is 4.92. The van der Waals surface area contributed by atoms with Crippen molar-refractivity contribution in [3.63, 3.8) is 0 Å². The first kappa shape index (κ1) is 20.3. The zero-order valence-corrected chi connectivity index (χ0v) is 17.7. The number of hydrogen-bond acceptors (Lipinski definition) is 4. The van der Waals surface area contributed by atoms with Gasteiger partial charge in [-0.25, -0.2) is 0 Å². The number of anilines is 1. The largest absolute Gasteiger partial charge is 0.497 e. The van der Waals surface area contributed by atoms with Crippen molar-refractivity contribution < 1.29 is 14.2 Å². The third-order valence-corrected chi connectivity index (χ3v) is 5.79. The molecule has 1 saturated heterocycles. The van der Waals surface area contributed by atoms with E-state index in [0.29, 0.717) is 0 Å². The van der Waals surface area contributed by atoms with E-state index in [0.717, 1.165) is 44.2 Å². The molecule has 1 aliphatic heterocycles. The van der Waals surface area contributed by atoms with Crippen molar-refractivity contribution in [2.75, 3.05) is 45.4 Å². The van der Waals surface area contributed by atoms with Gasteiger partial charge in [0, 0.05) is 24.7 Å². The summed E-state index contributed by atoms with van der Waals surface area (Å²) < 4.78 is 16.1. The Hall–Kier alpha value is -2.98. The Kier molecular flexibility index (Phi) is 6.55. The molecule has 4 nitrogen and oxygen atoms in total. The van der Waals surface area contributed by atoms with Gasteiger partial charge in [-0.1, -0.05) is 36.4 Å². The Morgan fingerprint density at radius 3 is 1.77 bits per heavy atom. The normalized spacial score (nSPS) is 14.9. The highest BCUT2D eigenvalue weighted by Crippen LogP contribution is 2.32. The molecular formula is C26H29NO3. The van der Waals surface area contributed by atoms with Crippen LogP contribution in [0.25, 0.3) is 0 Å². The average molecular weight is 404 g/mol. The van der Waals surface area contributed by atoms with Crippen LogP contribution in [0.5, 0.6) is 11.5 Å². The first-order valence-corrected chi connectivity index (χ1v) is 10.5. The van der Waals surface area contributed by atoms with E-state index < -0.39 is 0 Å². The van der Waals surface area contributed by atoms with Crippen LogP contribution in [0.15, 0.2) is 72.8 Å². The first-order chi connectivity index (χ1) is 14.8. The molecule has 1 fully saturated rings. The van der Waals surface area contributed by atoms with Crippen molar-refractivity contribution in [1.82, 2.24) is 0 Å². The minimum Gasteiger partial charge on any atom is -0.497 e. The topological polar surface area (TPSA) is 30.9 Å². The maximum atomic E-state index is 5.48. The van der Waals surface area contributed by atoms with Crippen LogP contribution in [-0.2, 0) is 11.2 Å². The molecule has 0 N–H and O–H groups in total. The first-order valence-electron chi connectivity index (χ1n) is 10.5. The summed E-state index contributed by atoms with van der Waals surface area (Å²) in [4.78, 5) is 2.39. The molecule has 0 bridgehead atoms. The van der Waals surface area contributed by atoms with Crippen molar-refractivity contribution in [3.05, 3.63) is 89.5 Å². The van der Waals surface area contributed by atoms with Crippen LogP contribution in [0, 0.1) is 0 Å². The molecule has 0 aliphatic carbocycles. The van der Waals surface area contributed by atoms with Crippen LogP contribution in [0.2, 0.25) is 0 Å². The van der Waals surface area contributed by atoms with Gasteiger partial charge in [0.25, 0.3) is 0 Å². The second-order valence-corrected chi connectivity index (χ2v) is 7.57. The van der Waals surface area contributed by atoms with Crippen LogP contribution < -0.4 is 14.4 Å². The van der Waals surface area contributed by atoms with Gasteiger partial charge in [0.05, 0.1) is 27.4 Å². The molecule has 1 heterocycles. The number of methoxy groups -OCH3 is 2. The predicted molar refractivity (Wildman–Crippen MR) is 121 cm³/mol. The molecule has 0 radical (unpaired) electrons. The van der Waals surface area contributed by atoms with E-state index in [1.54, 1.807) is 14.2 Å². The Morgan fingerprint density at radius 2 is 1.23 bits per heavy atom. The van der Waals surface area contributed by atoms with Crippen LogP contribution in [0.3, 0.4) is 0 Å². The average Bonchev–Trinajstić information content (AvgIpc) is 2.84. The lowest BCUT2D eigenvalue weighted by Crippen LogP contribution is -2.36. The Balaban J connectivity index is 1.61. The molecule has 3 aromatic carbocycles. The molecule has 3 aromatic rings. The summed E-state index contributed by atoms with van der Waals surface area (Å²) in [6.07, 6.45) is 0.924. The van der Waals surface area contributed by atoms with E-state index in [4.69, 9.17) is 14.2 Å². The van der Waals surface area contributed by atoms with Crippen LogP contribution in [0.1, 0.15) is 22.6 Å². The summed E-state index contributed by atoms with van der Waals surface area (Å²) in [7, 11) is 3.40. The Labute approximate surface area is 179 Å². The van der Waals surface area contributed by atoms with Gasteiger partial charge in [0.15, 0.2) is 0 Å². The lowest BCUT2D eigenvalue weighted by atomic mass is 9.86. The summed E-state index contributed by atoms with van der Waals surface area (Å²) in [6, 6.07) is 25.8. The summed E-state index contributed by atoms with van der Waals surface area (Å²) in [5.41, 5.74) is 5.15. The van der Waals surface area contributed by atoms with Gasteiger partial charge < -0.3 is 19.1 Å². The smallest absolute Gasteiger partial charge is 0.118 e. The third-order valence-electron chi connectivity index (χ3n) is 5.79. The van der Waals surface area contributed by atoms with Gasteiger partial charge in [-0.05, 0) is 59.5 Å². The highest BCUT2D eigenvalue weighted by Gasteiger charge is 2.17. The van der Waals surface area contributed by atoms with Gasteiger partial charge >= 0.3 is 0 Å². The molecule has 4 rings (SSSR count). The minimum absolute atomic E-state index is 0.267. The van der Waals surface area contributed by atoms with Gasteiger partial charge in [-0.2, -0.15) is 0 Å². The van der Waals surface area contributed by atoms with Gasteiger partial charge in [0.2, 0.25) is 0 Å². The van der Waals surface area contributed by atoms with E-state index in [-0.39, 0.29) is 5.92 Å². The maximum Gasteiger partial charge on any atom is 0.118 e. The van der Waals surface area contributed by atoms with E-state index >= 15 is 0 Å². The quantitative estimate of drug-likeness (QED) is 0.561. The second kappa shape index (κ2) is 9.68. The lowest BCUT2D eigenvalue weighted by molar-refractivity contribution is 0.122. The van der Waals surface area contributed by atoms with Crippen molar-refractivity contribution in [2.24, 2.45) is 0 Å². The summed E-state index contributed by atoms with van der Waals surface area (Å²) in [5, 5.41) is 0. The molecular weight excluding hydrogens is 374 g/mol. The van der Waals surface area contributed by atoms with Crippen molar-refractivity contribution >= 4 is 5.69 Å². The third kappa shape index (κ3) is 4.77. The highest BCUT2D eigenvalue weighted by atomic mass is 16.5. The standard InChI is InChI=1S/C26H29NO3/c1-28-24-11-3-20(4-12-24)19-26(22-7-13-25(29-2)14-8-22)21-5-9-23(10-6-21)27-15-17-30-18-16-27/h3-14,26H,15-19H2,1-2H3. The molecule has 156 valence electrons. The Bertz CT molecular complexity index is 914. The molecule has 0 spiro atoms. The minimum atomic E-state index is 0.267. The molecule has 1 aliphatic rings. The Morgan fingerprint density at radius 1 is 0.733 bits per heavy atom. The van der Waals surface area contributed by atoms with Gasteiger partial charge in [-0.15, -0.1) is 0 Å². The summed E-state index contributed by atoms with van der Waals surface area (Å²) in [6.45, 7) is 3.50. The van der Waals surface area contributed by atoms with E-state index in [2.05, 4.69) is 53.4 Å². The summed E-state index contributed by atoms with van der Waals surface area (Å²) in [5.74, 6) is 2.03. The molecule has 1 atom stereocenters. The number of hydrogen-bond donors (Lipinski definition) is 0. The number of rotatable bonds is 7. The zero-order chi connectivity index (χ0) is 20.8. The molecule has 4 heteroatoms. The van der Waals surface area contributed by atoms with Crippen LogP contribution in [0.4, 0.5) is 5.69 Å². The highest BCUT2D eigenvalue weighted by molar-refractivity contribution is 5.50. The summed E-state index contributed by atoms with van der Waals surface area (Å²) >= 11 is 0. The van der Waals surface area contributed by atoms with Crippen molar-refractivity contribution in [3.8, 4) is 11.5 Å². The van der Waals surface area contributed by atoms with Crippen molar-refractivity contribution in [1.29, 1.82) is 0 Å². The van der Waals surface area contributed by atoms with Crippen molar-refractivity contribution in [2.45, 2.75) is 12.3 Å². The zero-order valence-electron chi connectivity index (χ0n) is 17.7. The molecule has 0 aromatic heterocycles. The fraction of sp³-hybridized carbons (Fsp3) is 0.308. The fourth-order valence-corrected chi connectivity index (χ4v) is 4.00. The fourth-order valence-electron chi connectivity index (χ4n) is 4.00. The number of nitrogens with zero attached hydrogens (tertiary/aromatic N) is 1. The van der Waals surface area contributed by atoms with Crippen LogP contribution in [-0.4, -0.2) is 40.5 Å². The van der Waals surface area contributed by atoms with E-state index in [1.807, 2.05) is 24.3 Å².